The molecule has 0 aliphatic rings. The summed E-state index contributed by atoms with van der Waals surface area (Å²) < 4.78 is 0. The molecule has 160 valence electrons. The lowest BCUT2D eigenvalue weighted by Crippen LogP contribution is -2.42. The van der Waals surface area contributed by atoms with Gasteiger partial charge >= 0.3 is 0 Å². The smallest absolute Gasteiger partial charge is 0.227 e. The van der Waals surface area contributed by atoms with E-state index in [1.54, 1.807) is 7.05 Å². The number of halogens is 1. The van der Waals surface area contributed by atoms with Crippen LogP contribution in [-0.2, 0) is 11.3 Å². The first-order valence-electron chi connectivity index (χ1n) is 9.78. The van der Waals surface area contributed by atoms with Crippen LogP contribution in [0.4, 0.5) is 0 Å². The van der Waals surface area contributed by atoms with Crippen molar-refractivity contribution < 1.29 is 4.79 Å². The highest BCUT2D eigenvalue weighted by atomic mass is 127. The summed E-state index contributed by atoms with van der Waals surface area (Å²) in [4.78, 5) is 18.8. The van der Waals surface area contributed by atoms with Crippen molar-refractivity contribution in [1.29, 1.82) is 0 Å². The van der Waals surface area contributed by atoms with Crippen LogP contribution in [0.1, 0.15) is 39.7 Å². The van der Waals surface area contributed by atoms with Gasteiger partial charge < -0.3 is 16.0 Å². The molecular formula is C21H38IN5O. The maximum absolute atomic E-state index is 11.9. The third-order valence-corrected chi connectivity index (χ3v) is 4.70. The quantitative estimate of drug-likeness (QED) is 0.261. The Morgan fingerprint density at radius 2 is 1.86 bits per heavy atom. The molecule has 0 saturated heterocycles. The molecule has 6 nitrogen and oxygen atoms in total. The van der Waals surface area contributed by atoms with Crippen molar-refractivity contribution in [3.05, 3.63) is 35.9 Å². The first-order valence-corrected chi connectivity index (χ1v) is 9.78. The van der Waals surface area contributed by atoms with Crippen LogP contribution in [0, 0.1) is 5.41 Å². The number of nitrogens with one attached hydrogen (secondary N) is 3. The average molecular weight is 503 g/mol. The number of carbonyl (C=O) groups is 1. The Morgan fingerprint density at radius 1 is 1.21 bits per heavy atom. The monoisotopic (exact) mass is 503 g/mol. The summed E-state index contributed by atoms with van der Waals surface area (Å²) in [6.07, 6.45) is 1.01. The second-order valence-electron chi connectivity index (χ2n) is 7.62. The number of hydrogen-bond acceptors (Lipinski definition) is 3. The number of hydrogen-bond donors (Lipinski definition) is 3. The van der Waals surface area contributed by atoms with Crippen LogP contribution in [0.25, 0.3) is 0 Å². The van der Waals surface area contributed by atoms with Gasteiger partial charge in [0.1, 0.15) is 0 Å². The Bertz CT molecular complexity index is 592. The zero-order valence-electron chi connectivity index (χ0n) is 18.2. The van der Waals surface area contributed by atoms with Gasteiger partial charge in [-0.15, -0.1) is 24.0 Å². The third-order valence-electron chi connectivity index (χ3n) is 4.70. The Morgan fingerprint density at radius 3 is 2.43 bits per heavy atom. The van der Waals surface area contributed by atoms with Gasteiger partial charge in [0.25, 0.3) is 0 Å². The van der Waals surface area contributed by atoms with Crippen LogP contribution in [0.5, 0.6) is 0 Å². The number of rotatable bonds is 10. The summed E-state index contributed by atoms with van der Waals surface area (Å²) >= 11 is 0. The second-order valence-corrected chi connectivity index (χ2v) is 7.62. The molecule has 28 heavy (non-hydrogen) atoms. The molecule has 1 aromatic carbocycles. The minimum atomic E-state index is -0.527. The first kappa shape index (κ1) is 26.6. The first-order chi connectivity index (χ1) is 12.8. The highest BCUT2D eigenvalue weighted by molar-refractivity contribution is 14.0. The van der Waals surface area contributed by atoms with E-state index in [4.69, 9.17) is 0 Å². The minimum absolute atomic E-state index is 0. The van der Waals surface area contributed by atoms with Crippen LogP contribution in [0.3, 0.4) is 0 Å². The van der Waals surface area contributed by atoms with Crippen LogP contribution in [0.2, 0.25) is 0 Å². The fourth-order valence-electron chi connectivity index (χ4n) is 2.68. The Labute approximate surface area is 188 Å². The highest BCUT2D eigenvalue weighted by Crippen LogP contribution is 2.15. The van der Waals surface area contributed by atoms with Crippen LogP contribution >= 0.6 is 24.0 Å². The molecule has 0 bridgehead atoms. The van der Waals surface area contributed by atoms with E-state index in [0.29, 0.717) is 12.6 Å². The van der Waals surface area contributed by atoms with Gasteiger partial charge in [-0.25, -0.2) is 0 Å². The molecule has 0 saturated carbocycles. The van der Waals surface area contributed by atoms with Crippen molar-refractivity contribution in [2.24, 2.45) is 10.4 Å². The average Bonchev–Trinajstić information content (AvgIpc) is 2.66. The second kappa shape index (κ2) is 13.8. The van der Waals surface area contributed by atoms with Gasteiger partial charge in [-0.3, -0.25) is 14.7 Å². The maximum Gasteiger partial charge on any atom is 0.227 e. The van der Waals surface area contributed by atoms with Crippen molar-refractivity contribution in [3.8, 4) is 0 Å². The van der Waals surface area contributed by atoms with Gasteiger partial charge in [-0.05, 0) is 46.7 Å². The fourth-order valence-corrected chi connectivity index (χ4v) is 2.68. The van der Waals surface area contributed by atoms with E-state index >= 15 is 0 Å². The number of nitrogens with zero attached hydrogens (tertiary/aromatic N) is 2. The molecule has 1 rings (SSSR count). The molecule has 1 atom stereocenters. The molecule has 3 N–H and O–H groups in total. The Kier molecular flexibility index (Phi) is 13.1. The highest BCUT2D eigenvalue weighted by Gasteiger charge is 2.26. The van der Waals surface area contributed by atoms with Gasteiger partial charge in [0.05, 0.1) is 12.0 Å². The zero-order valence-corrected chi connectivity index (χ0v) is 20.5. The minimum Gasteiger partial charge on any atom is -0.359 e. The van der Waals surface area contributed by atoms with Crippen LogP contribution in [0.15, 0.2) is 35.3 Å². The van der Waals surface area contributed by atoms with Crippen molar-refractivity contribution in [3.63, 3.8) is 0 Å². The molecule has 0 aromatic heterocycles. The molecule has 0 spiro atoms. The number of guanidine groups is 1. The summed E-state index contributed by atoms with van der Waals surface area (Å²) in [6, 6.07) is 11.0. The molecule has 0 radical (unpaired) electrons. The third kappa shape index (κ3) is 9.73. The Balaban J connectivity index is 0.00000729. The predicted octanol–water partition coefficient (Wildman–Crippen LogP) is 2.84. The number of carbonyl (C=O) groups excluding carboxylic acids is 1. The number of aliphatic imine (C=N–C) groups is 1. The standard InChI is InChI=1S/C21H37N5O.HI/c1-7-23-20(25-16-21(3,4)19(27)22-5)24-14-13-17(2)26(6)15-18-11-9-8-10-12-18;/h8-12,17H,7,13-16H2,1-6H3,(H,22,27)(H2,23,24,25);1H. The lowest BCUT2D eigenvalue weighted by atomic mass is 9.93. The van der Waals surface area contributed by atoms with E-state index < -0.39 is 5.41 Å². The van der Waals surface area contributed by atoms with Gasteiger partial charge in [0.15, 0.2) is 5.96 Å². The van der Waals surface area contributed by atoms with Gasteiger partial charge in [-0.2, -0.15) is 0 Å². The fraction of sp³-hybridized carbons (Fsp3) is 0.619. The van der Waals surface area contributed by atoms with E-state index in [9.17, 15) is 4.79 Å². The van der Waals surface area contributed by atoms with Crippen molar-refractivity contribution in [2.75, 3.05) is 33.7 Å². The normalized spacial score (nSPS) is 12.9. The van der Waals surface area contributed by atoms with E-state index in [2.05, 4.69) is 64.1 Å². The van der Waals surface area contributed by atoms with E-state index in [-0.39, 0.29) is 29.9 Å². The number of amides is 1. The molecule has 0 heterocycles. The van der Waals surface area contributed by atoms with E-state index in [1.807, 2.05) is 26.8 Å². The molecular weight excluding hydrogens is 465 g/mol. The summed E-state index contributed by atoms with van der Waals surface area (Å²) in [5.74, 6) is 0.755. The summed E-state index contributed by atoms with van der Waals surface area (Å²) in [5, 5.41) is 9.33. The lowest BCUT2D eigenvalue weighted by Gasteiger charge is -2.25. The SMILES string of the molecule is CCNC(=NCC(C)(C)C(=O)NC)NCCC(C)N(C)Cc1ccccc1.I. The van der Waals surface area contributed by atoms with Crippen molar-refractivity contribution >= 4 is 35.8 Å². The van der Waals surface area contributed by atoms with Crippen LogP contribution < -0.4 is 16.0 Å². The van der Waals surface area contributed by atoms with Gasteiger partial charge in [-0.1, -0.05) is 30.3 Å². The summed E-state index contributed by atoms with van der Waals surface area (Å²) in [6.45, 7) is 11.1. The lowest BCUT2D eigenvalue weighted by molar-refractivity contribution is -0.128. The van der Waals surface area contributed by atoms with Crippen molar-refractivity contribution in [1.82, 2.24) is 20.9 Å². The number of benzene rings is 1. The summed E-state index contributed by atoms with van der Waals surface area (Å²) in [5.41, 5.74) is 0.798. The molecule has 1 amide bonds. The Hall–Kier alpha value is -1.35. The van der Waals surface area contributed by atoms with E-state index in [1.165, 1.54) is 5.56 Å². The molecule has 0 fully saturated rings. The zero-order chi connectivity index (χ0) is 20.3. The molecule has 7 heteroatoms. The summed E-state index contributed by atoms with van der Waals surface area (Å²) in [7, 11) is 3.81. The van der Waals surface area contributed by atoms with E-state index in [0.717, 1.165) is 32.0 Å². The molecule has 0 aliphatic heterocycles. The molecule has 1 aromatic rings. The molecule has 1 unspecified atom stereocenters. The predicted molar refractivity (Wildman–Crippen MR) is 129 cm³/mol. The van der Waals surface area contributed by atoms with Crippen LogP contribution in [-0.4, -0.2) is 56.5 Å². The maximum atomic E-state index is 11.9. The molecule has 0 aliphatic carbocycles. The van der Waals surface area contributed by atoms with Gasteiger partial charge in [0, 0.05) is 32.7 Å². The topological polar surface area (TPSA) is 68.8 Å². The van der Waals surface area contributed by atoms with Gasteiger partial charge in [0.2, 0.25) is 5.91 Å². The van der Waals surface area contributed by atoms with Crippen molar-refractivity contribution in [2.45, 2.75) is 46.7 Å². The largest absolute Gasteiger partial charge is 0.359 e.